The third kappa shape index (κ3) is 2.87. The summed E-state index contributed by atoms with van der Waals surface area (Å²) in [6.45, 7) is 3.72. The van der Waals surface area contributed by atoms with Gasteiger partial charge in [0.2, 0.25) is 0 Å². The lowest BCUT2D eigenvalue weighted by Gasteiger charge is -2.08. The highest BCUT2D eigenvalue weighted by molar-refractivity contribution is 5.31. The van der Waals surface area contributed by atoms with E-state index in [1.807, 2.05) is 12.1 Å². The van der Waals surface area contributed by atoms with E-state index < -0.39 is 6.10 Å². The number of hydrogen-bond acceptors (Lipinski definition) is 3. The van der Waals surface area contributed by atoms with Crippen molar-refractivity contribution in [3.63, 3.8) is 0 Å². The number of ether oxygens (including phenoxy) is 2. The van der Waals surface area contributed by atoms with Crippen LogP contribution in [0.5, 0.6) is 5.75 Å². The molecule has 0 bridgehead atoms. The summed E-state index contributed by atoms with van der Waals surface area (Å²) in [5.74, 6) is 0.672. The van der Waals surface area contributed by atoms with Crippen molar-refractivity contribution in [2.45, 2.75) is 6.10 Å². The molecule has 76 valence electrons. The maximum absolute atomic E-state index is 9.47. The molecule has 3 heteroatoms. The fourth-order valence-corrected chi connectivity index (χ4v) is 1.05. The minimum Gasteiger partial charge on any atom is -0.468 e. The van der Waals surface area contributed by atoms with Crippen molar-refractivity contribution in [2.24, 2.45) is 0 Å². The van der Waals surface area contributed by atoms with Gasteiger partial charge in [-0.25, -0.2) is 0 Å². The Morgan fingerprint density at radius 3 is 3.00 bits per heavy atom. The highest BCUT2D eigenvalue weighted by Gasteiger charge is 2.03. The summed E-state index contributed by atoms with van der Waals surface area (Å²) in [4.78, 5) is 0. The first-order chi connectivity index (χ1) is 6.77. The lowest BCUT2D eigenvalue weighted by molar-refractivity contribution is 0.0509. The van der Waals surface area contributed by atoms with Crippen molar-refractivity contribution in [3.05, 3.63) is 42.5 Å². The molecular formula is C11H14O3. The Kier molecular flexibility index (Phi) is 4.16. The predicted molar refractivity (Wildman–Crippen MR) is 54.1 cm³/mol. The maximum atomic E-state index is 9.47. The molecule has 0 aliphatic heterocycles. The van der Waals surface area contributed by atoms with E-state index >= 15 is 0 Å². The Hall–Kier alpha value is -1.32. The summed E-state index contributed by atoms with van der Waals surface area (Å²) in [6, 6.07) is 7.18. The van der Waals surface area contributed by atoms with Crippen LogP contribution >= 0.6 is 0 Å². The summed E-state index contributed by atoms with van der Waals surface area (Å²) >= 11 is 0. The zero-order valence-electron chi connectivity index (χ0n) is 8.14. The molecule has 0 saturated carbocycles. The fraction of sp³-hybridized carbons (Fsp3) is 0.273. The number of methoxy groups -OCH3 is 1. The molecule has 0 heterocycles. The summed E-state index contributed by atoms with van der Waals surface area (Å²) in [5, 5.41) is 9.47. The third-order valence-corrected chi connectivity index (χ3v) is 1.77. The van der Waals surface area contributed by atoms with Gasteiger partial charge in [-0.2, -0.15) is 0 Å². The number of benzene rings is 1. The van der Waals surface area contributed by atoms with E-state index in [-0.39, 0.29) is 6.79 Å². The van der Waals surface area contributed by atoms with Crippen LogP contribution in [-0.2, 0) is 4.74 Å². The lowest BCUT2D eigenvalue weighted by Crippen LogP contribution is -2.00. The number of hydrogen-bond donors (Lipinski definition) is 1. The molecular weight excluding hydrogens is 180 g/mol. The van der Waals surface area contributed by atoms with Gasteiger partial charge in [0, 0.05) is 7.11 Å². The van der Waals surface area contributed by atoms with Gasteiger partial charge in [-0.1, -0.05) is 18.2 Å². The minimum atomic E-state index is -0.652. The van der Waals surface area contributed by atoms with Crippen molar-refractivity contribution in [1.29, 1.82) is 0 Å². The number of rotatable bonds is 5. The molecule has 0 aromatic heterocycles. The van der Waals surface area contributed by atoms with Gasteiger partial charge in [-0.05, 0) is 17.7 Å². The molecule has 1 N–H and O–H groups in total. The molecule has 0 fully saturated rings. The summed E-state index contributed by atoms with van der Waals surface area (Å²) in [6.07, 6.45) is 0.816. The zero-order valence-corrected chi connectivity index (χ0v) is 8.14. The second-order valence-corrected chi connectivity index (χ2v) is 2.80. The summed E-state index contributed by atoms with van der Waals surface area (Å²) in [7, 11) is 1.56. The molecule has 0 spiro atoms. The van der Waals surface area contributed by atoms with Gasteiger partial charge in [0.25, 0.3) is 0 Å². The van der Waals surface area contributed by atoms with Crippen LogP contribution in [-0.4, -0.2) is 19.0 Å². The second-order valence-electron chi connectivity index (χ2n) is 2.80. The van der Waals surface area contributed by atoms with E-state index in [1.165, 1.54) is 6.08 Å². The average Bonchev–Trinajstić information content (AvgIpc) is 2.25. The van der Waals surface area contributed by atoms with Crippen LogP contribution < -0.4 is 4.74 Å². The van der Waals surface area contributed by atoms with Crippen LogP contribution in [0.4, 0.5) is 0 Å². The zero-order chi connectivity index (χ0) is 10.4. The Morgan fingerprint density at radius 1 is 1.57 bits per heavy atom. The molecule has 1 rings (SSSR count). The topological polar surface area (TPSA) is 38.7 Å². The van der Waals surface area contributed by atoms with E-state index in [9.17, 15) is 5.11 Å². The Bertz CT molecular complexity index is 296. The average molecular weight is 194 g/mol. The molecule has 3 nitrogen and oxygen atoms in total. The summed E-state index contributed by atoms with van der Waals surface area (Å²) < 4.78 is 9.99. The van der Waals surface area contributed by atoms with E-state index in [0.29, 0.717) is 5.75 Å². The molecule has 1 aromatic carbocycles. The first-order valence-electron chi connectivity index (χ1n) is 4.30. The molecule has 0 radical (unpaired) electrons. The van der Waals surface area contributed by atoms with Gasteiger partial charge in [-0.15, -0.1) is 6.58 Å². The Morgan fingerprint density at radius 2 is 2.36 bits per heavy atom. The second kappa shape index (κ2) is 5.42. The molecule has 0 saturated heterocycles. The smallest absolute Gasteiger partial charge is 0.188 e. The molecule has 0 aliphatic carbocycles. The van der Waals surface area contributed by atoms with Crippen molar-refractivity contribution in [2.75, 3.05) is 13.9 Å². The van der Waals surface area contributed by atoms with Crippen LogP contribution in [0.3, 0.4) is 0 Å². The van der Waals surface area contributed by atoms with Crippen LogP contribution in [0.1, 0.15) is 11.7 Å². The van der Waals surface area contributed by atoms with E-state index in [1.54, 1.807) is 19.2 Å². The molecule has 14 heavy (non-hydrogen) atoms. The maximum Gasteiger partial charge on any atom is 0.188 e. The fourth-order valence-electron chi connectivity index (χ4n) is 1.05. The Labute approximate surface area is 83.6 Å². The van der Waals surface area contributed by atoms with Crippen LogP contribution in [0.2, 0.25) is 0 Å². The van der Waals surface area contributed by atoms with Gasteiger partial charge < -0.3 is 14.6 Å². The van der Waals surface area contributed by atoms with Gasteiger partial charge in [0.15, 0.2) is 6.79 Å². The normalized spacial score (nSPS) is 12.1. The number of aliphatic hydroxyl groups excluding tert-OH is 1. The highest BCUT2D eigenvalue weighted by Crippen LogP contribution is 2.19. The molecule has 1 aromatic rings. The van der Waals surface area contributed by atoms with Crippen molar-refractivity contribution < 1.29 is 14.6 Å². The van der Waals surface area contributed by atoms with E-state index in [2.05, 4.69) is 6.58 Å². The SMILES string of the molecule is C=CC(O)c1cccc(OCOC)c1. The van der Waals surface area contributed by atoms with Crippen LogP contribution in [0.25, 0.3) is 0 Å². The van der Waals surface area contributed by atoms with Gasteiger partial charge in [0.1, 0.15) is 5.75 Å². The highest BCUT2D eigenvalue weighted by atomic mass is 16.7. The van der Waals surface area contributed by atoms with Crippen molar-refractivity contribution in [1.82, 2.24) is 0 Å². The first kappa shape index (κ1) is 10.8. The van der Waals surface area contributed by atoms with Crippen LogP contribution in [0, 0.1) is 0 Å². The van der Waals surface area contributed by atoms with Gasteiger partial charge >= 0.3 is 0 Å². The largest absolute Gasteiger partial charge is 0.468 e. The first-order valence-corrected chi connectivity index (χ1v) is 4.30. The monoisotopic (exact) mass is 194 g/mol. The molecule has 0 amide bonds. The number of aliphatic hydroxyl groups is 1. The quantitative estimate of drug-likeness (QED) is 0.574. The lowest BCUT2D eigenvalue weighted by atomic mass is 10.1. The van der Waals surface area contributed by atoms with Crippen LogP contribution in [0.15, 0.2) is 36.9 Å². The minimum absolute atomic E-state index is 0.202. The third-order valence-electron chi connectivity index (χ3n) is 1.77. The molecule has 0 aliphatic rings. The standard InChI is InChI=1S/C11H14O3/c1-3-11(12)9-5-4-6-10(7-9)14-8-13-2/h3-7,11-12H,1,8H2,2H3. The molecule has 1 unspecified atom stereocenters. The van der Waals surface area contributed by atoms with Gasteiger partial charge in [-0.3, -0.25) is 0 Å². The molecule has 1 atom stereocenters. The predicted octanol–water partition coefficient (Wildman–Crippen LogP) is 1.89. The van der Waals surface area contributed by atoms with E-state index in [0.717, 1.165) is 5.56 Å². The van der Waals surface area contributed by atoms with Gasteiger partial charge in [0.05, 0.1) is 6.10 Å². The Balaban J connectivity index is 2.73. The van der Waals surface area contributed by atoms with E-state index in [4.69, 9.17) is 9.47 Å². The van der Waals surface area contributed by atoms with Crippen molar-refractivity contribution >= 4 is 0 Å². The van der Waals surface area contributed by atoms with Crippen molar-refractivity contribution in [3.8, 4) is 5.75 Å². The summed E-state index contributed by atoms with van der Waals surface area (Å²) in [5.41, 5.74) is 0.758.